The van der Waals surface area contributed by atoms with Gasteiger partial charge in [-0.1, -0.05) is 23.7 Å². The quantitative estimate of drug-likeness (QED) is 0.545. The molecule has 0 unspecified atom stereocenters. The predicted octanol–water partition coefficient (Wildman–Crippen LogP) is 4.15. The Morgan fingerprint density at radius 2 is 1.94 bits per heavy atom. The van der Waals surface area contributed by atoms with E-state index in [4.69, 9.17) is 11.6 Å². The van der Waals surface area contributed by atoms with Gasteiger partial charge in [-0.2, -0.15) is 5.10 Å². The number of carbonyl (C=O) groups is 1. The van der Waals surface area contributed by atoms with Crippen LogP contribution in [0.2, 0.25) is 5.02 Å². The van der Waals surface area contributed by atoms with Crippen molar-refractivity contribution in [2.45, 2.75) is 37.5 Å². The minimum atomic E-state index is -3.05. The van der Waals surface area contributed by atoms with Gasteiger partial charge in [0.05, 0.1) is 27.7 Å². The lowest BCUT2D eigenvalue weighted by Gasteiger charge is -2.31. The lowest BCUT2D eigenvalue weighted by molar-refractivity contribution is -0.117. The van der Waals surface area contributed by atoms with Crippen LogP contribution in [0.25, 0.3) is 16.6 Å². The Morgan fingerprint density at radius 3 is 2.59 bits per heavy atom. The van der Waals surface area contributed by atoms with Gasteiger partial charge >= 0.3 is 0 Å². The molecule has 1 saturated heterocycles. The summed E-state index contributed by atoms with van der Waals surface area (Å²) in [5.74, 6) is -0.383. The standard InChI is InChI=1S/C24H26ClFN4O3S/c1-34(32,33)18-6-9-29(10-7-18)14-17-5-4-16(12-20(17)26)22-21(28-24(31)15-2-3-15)8-11-30-23(22)19(25)13-27-30/h4-5,8,11-13,15,18H,2-3,6-7,9-10,14H2,1H3,(H,28,31). The molecule has 180 valence electrons. The third-order valence-electron chi connectivity index (χ3n) is 6.72. The van der Waals surface area contributed by atoms with E-state index in [1.54, 1.807) is 22.8 Å². The first-order chi connectivity index (χ1) is 16.2. The molecular formula is C24H26ClFN4O3S. The molecular weight excluding hydrogens is 479 g/mol. The van der Waals surface area contributed by atoms with Crippen molar-refractivity contribution in [2.75, 3.05) is 24.7 Å². The number of hydrogen-bond acceptors (Lipinski definition) is 5. The highest BCUT2D eigenvalue weighted by molar-refractivity contribution is 7.91. The van der Waals surface area contributed by atoms with Gasteiger partial charge in [-0.3, -0.25) is 9.69 Å². The van der Waals surface area contributed by atoms with Crippen LogP contribution in [-0.2, 0) is 21.2 Å². The number of nitrogens with zero attached hydrogens (tertiary/aromatic N) is 3. The van der Waals surface area contributed by atoms with Crippen LogP contribution >= 0.6 is 11.6 Å². The number of amides is 1. The van der Waals surface area contributed by atoms with Crippen molar-refractivity contribution in [1.29, 1.82) is 0 Å². The lowest BCUT2D eigenvalue weighted by Crippen LogP contribution is -2.38. The van der Waals surface area contributed by atoms with Crippen LogP contribution in [0.15, 0.2) is 36.7 Å². The molecule has 5 rings (SSSR count). The molecule has 0 atom stereocenters. The maximum absolute atomic E-state index is 15.3. The summed E-state index contributed by atoms with van der Waals surface area (Å²) in [6.45, 7) is 1.63. The van der Waals surface area contributed by atoms with Crippen molar-refractivity contribution >= 4 is 38.5 Å². The zero-order valence-electron chi connectivity index (χ0n) is 18.8. The average Bonchev–Trinajstić information content (AvgIpc) is 3.58. The van der Waals surface area contributed by atoms with Gasteiger partial charge in [-0.25, -0.2) is 17.3 Å². The second-order valence-corrected chi connectivity index (χ2v) is 12.0. The van der Waals surface area contributed by atoms with Crippen molar-refractivity contribution in [3.63, 3.8) is 0 Å². The van der Waals surface area contributed by atoms with E-state index in [9.17, 15) is 13.2 Å². The Labute approximate surface area is 202 Å². The van der Waals surface area contributed by atoms with Crippen molar-refractivity contribution in [2.24, 2.45) is 5.92 Å². The summed E-state index contributed by atoms with van der Waals surface area (Å²) in [5.41, 5.74) is 2.93. The van der Waals surface area contributed by atoms with E-state index in [-0.39, 0.29) is 22.9 Å². The highest BCUT2D eigenvalue weighted by Gasteiger charge is 2.31. The van der Waals surface area contributed by atoms with Gasteiger partial charge in [0.2, 0.25) is 5.91 Å². The molecule has 0 bridgehead atoms. The second kappa shape index (κ2) is 8.94. The Balaban J connectivity index is 1.42. The molecule has 0 spiro atoms. The Bertz CT molecular complexity index is 1360. The third kappa shape index (κ3) is 4.69. The van der Waals surface area contributed by atoms with Crippen LogP contribution < -0.4 is 5.32 Å². The number of rotatable bonds is 6. The van der Waals surface area contributed by atoms with Gasteiger partial charge in [0, 0.05) is 36.0 Å². The van der Waals surface area contributed by atoms with E-state index in [0.717, 1.165) is 12.8 Å². The maximum atomic E-state index is 15.3. The summed E-state index contributed by atoms with van der Waals surface area (Å²) in [4.78, 5) is 14.5. The monoisotopic (exact) mass is 504 g/mol. The highest BCUT2D eigenvalue weighted by Crippen LogP contribution is 2.38. The molecule has 1 aliphatic heterocycles. The minimum Gasteiger partial charge on any atom is -0.325 e. The fourth-order valence-corrected chi connectivity index (χ4v) is 5.88. The zero-order valence-corrected chi connectivity index (χ0v) is 20.4. The smallest absolute Gasteiger partial charge is 0.227 e. The van der Waals surface area contributed by atoms with E-state index in [1.807, 2.05) is 6.07 Å². The number of benzene rings is 1. The molecule has 34 heavy (non-hydrogen) atoms. The number of aromatic nitrogens is 2. The topological polar surface area (TPSA) is 83.8 Å². The van der Waals surface area contributed by atoms with Crippen LogP contribution in [-0.4, -0.2) is 53.4 Å². The van der Waals surface area contributed by atoms with Gasteiger partial charge in [-0.05, 0) is 56.5 Å². The number of carbonyl (C=O) groups excluding carboxylic acids is 1. The molecule has 3 heterocycles. The van der Waals surface area contributed by atoms with Gasteiger partial charge < -0.3 is 5.32 Å². The molecule has 2 aliphatic rings. The van der Waals surface area contributed by atoms with Crippen molar-refractivity contribution in [1.82, 2.24) is 14.5 Å². The van der Waals surface area contributed by atoms with Gasteiger partial charge in [0.1, 0.15) is 15.7 Å². The lowest BCUT2D eigenvalue weighted by atomic mass is 10.0. The number of sulfone groups is 1. The van der Waals surface area contributed by atoms with Crippen LogP contribution in [0.1, 0.15) is 31.2 Å². The summed E-state index contributed by atoms with van der Waals surface area (Å²) < 4.78 is 40.4. The van der Waals surface area contributed by atoms with Crippen LogP contribution in [0, 0.1) is 11.7 Å². The van der Waals surface area contributed by atoms with Crippen molar-refractivity contribution < 1.29 is 17.6 Å². The number of halogens is 2. The molecule has 0 radical (unpaired) electrons. The van der Waals surface area contributed by atoms with Crippen molar-refractivity contribution in [3.05, 3.63) is 53.1 Å². The van der Waals surface area contributed by atoms with Crippen molar-refractivity contribution in [3.8, 4) is 11.1 Å². The normalized spacial score (nSPS) is 17.9. The van der Waals surface area contributed by atoms with Crippen LogP contribution in [0.5, 0.6) is 0 Å². The molecule has 1 amide bonds. The fourth-order valence-electron chi connectivity index (χ4n) is 4.59. The molecule has 1 N–H and O–H groups in total. The van der Waals surface area contributed by atoms with Crippen LogP contribution in [0.4, 0.5) is 10.1 Å². The van der Waals surface area contributed by atoms with E-state index >= 15 is 4.39 Å². The molecule has 3 aromatic rings. The van der Waals surface area contributed by atoms with E-state index in [2.05, 4.69) is 15.3 Å². The molecule has 7 nitrogen and oxygen atoms in total. The molecule has 2 fully saturated rings. The van der Waals surface area contributed by atoms with Gasteiger partial charge in [0.15, 0.2) is 0 Å². The van der Waals surface area contributed by atoms with E-state index < -0.39 is 9.84 Å². The number of anilines is 1. The fraction of sp³-hybridized carbons (Fsp3) is 0.417. The molecule has 10 heteroatoms. The van der Waals surface area contributed by atoms with Gasteiger partial charge in [0.25, 0.3) is 0 Å². The number of likely N-dealkylation sites (tertiary alicyclic amines) is 1. The molecule has 2 aromatic heterocycles. The summed E-state index contributed by atoms with van der Waals surface area (Å²) in [6.07, 6.45) is 7.40. The Kier molecular flexibility index (Phi) is 6.12. The summed E-state index contributed by atoms with van der Waals surface area (Å²) >= 11 is 6.42. The Hall–Kier alpha value is -2.49. The number of pyridine rings is 1. The average molecular weight is 505 g/mol. The first-order valence-corrected chi connectivity index (χ1v) is 13.7. The summed E-state index contributed by atoms with van der Waals surface area (Å²) in [7, 11) is -3.05. The molecule has 1 saturated carbocycles. The number of nitrogens with one attached hydrogen (secondary N) is 1. The first kappa shape index (κ1) is 23.3. The molecule has 1 aliphatic carbocycles. The SMILES string of the molecule is CS(=O)(=O)C1CCN(Cc2ccc(-c3c(NC(=O)C4CC4)ccn4ncc(Cl)c34)cc2F)CC1. The minimum absolute atomic E-state index is 0.0235. The highest BCUT2D eigenvalue weighted by atomic mass is 35.5. The van der Waals surface area contributed by atoms with Crippen LogP contribution in [0.3, 0.4) is 0 Å². The number of hydrogen-bond donors (Lipinski definition) is 1. The Morgan fingerprint density at radius 1 is 1.21 bits per heavy atom. The van der Waals surface area contributed by atoms with E-state index in [0.29, 0.717) is 65.4 Å². The zero-order chi connectivity index (χ0) is 24.0. The first-order valence-electron chi connectivity index (χ1n) is 11.4. The predicted molar refractivity (Wildman–Crippen MR) is 130 cm³/mol. The second-order valence-electron chi connectivity index (χ2n) is 9.26. The third-order valence-corrected chi connectivity index (χ3v) is 8.68. The van der Waals surface area contributed by atoms with Gasteiger partial charge in [-0.15, -0.1) is 0 Å². The van der Waals surface area contributed by atoms with E-state index in [1.165, 1.54) is 18.5 Å². The maximum Gasteiger partial charge on any atom is 0.227 e. The summed E-state index contributed by atoms with van der Waals surface area (Å²) in [5, 5.41) is 7.31. The largest absolute Gasteiger partial charge is 0.325 e. The number of piperidine rings is 1. The molecule has 1 aromatic carbocycles. The summed E-state index contributed by atoms with van der Waals surface area (Å²) in [6, 6.07) is 6.79. The number of fused-ring (bicyclic) bond motifs is 1.